The average Bonchev–Trinajstić information content (AvgIpc) is 2.81. The molecule has 1 aliphatic rings. The number of hydrogen-bond acceptors (Lipinski definition) is 8. The molecule has 1 aromatic heterocycles. The highest BCUT2D eigenvalue weighted by atomic mass is 32.2. The van der Waals surface area contributed by atoms with Gasteiger partial charge in [-0.2, -0.15) is 4.31 Å². The Bertz CT molecular complexity index is 1470. The molecule has 0 aliphatic carbocycles. The molecule has 1 saturated heterocycles. The molecule has 0 bridgehead atoms. The minimum atomic E-state index is -3.84. The number of ether oxygens (including phenoxy) is 2. The Morgan fingerprint density at radius 3 is 2.50 bits per heavy atom. The van der Waals surface area contributed by atoms with Gasteiger partial charge >= 0.3 is 11.6 Å². The topological polar surface area (TPSA) is 132 Å². The highest BCUT2D eigenvalue weighted by molar-refractivity contribution is 7.89. The molecule has 2 heterocycles. The van der Waals surface area contributed by atoms with Gasteiger partial charge in [-0.15, -0.1) is 0 Å². The number of sulfonamides is 1. The van der Waals surface area contributed by atoms with Crippen LogP contribution in [0.15, 0.2) is 62.6 Å². The van der Waals surface area contributed by atoms with Crippen molar-refractivity contribution in [3.63, 3.8) is 0 Å². The van der Waals surface area contributed by atoms with Gasteiger partial charge in [0.15, 0.2) is 0 Å². The third kappa shape index (κ3) is 5.64. The number of carbonyl (C=O) groups excluding carboxylic acids is 2. The Morgan fingerprint density at radius 2 is 1.81 bits per heavy atom. The summed E-state index contributed by atoms with van der Waals surface area (Å²) in [6.07, 6.45) is -0.492. The zero-order valence-electron chi connectivity index (χ0n) is 20.0. The van der Waals surface area contributed by atoms with Gasteiger partial charge in [-0.1, -0.05) is 6.07 Å². The number of benzene rings is 2. The summed E-state index contributed by atoms with van der Waals surface area (Å²) in [4.78, 5) is 36.1. The third-order valence-electron chi connectivity index (χ3n) is 5.60. The number of morpholine rings is 1. The van der Waals surface area contributed by atoms with E-state index in [4.69, 9.17) is 13.9 Å². The van der Waals surface area contributed by atoms with Crippen LogP contribution in [0.3, 0.4) is 0 Å². The molecule has 1 fully saturated rings. The Hall–Kier alpha value is -3.54. The van der Waals surface area contributed by atoms with Crippen molar-refractivity contribution in [2.45, 2.75) is 44.5 Å². The molecule has 11 heteroatoms. The number of carbonyl (C=O) groups is 2. The number of rotatable bonds is 6. The summed E-state index contributed by atoms with van der Waals surface area (Å²) in [7, 11) is -3.84. The van der Waals surface area contributed by atoms with E-state index < -0.39 is 21.6 Å². The predicted molar refractivity (Wildman–Crippen MR) is 131 cm³/mol. The first kappa shape index (κ1) is 25.5. The molecular weight excluding hydrogens is 488 g/mol. The second-order valence-corrected chi connectivity index (χ2v) is 10.6. The highest BCUT2D eigenvalue weighted by Gasteiger charge is 2.32. The van der Waals surface area contributed by atoms with Crippen LogP contribution in [-0.4, -0.2) is 49.9 Å². The summed E-state index contributed by atoms with van der Waals surface area (Å²) in [6.45, 7) is 5.17. The molecule has 0 radical (unpaired) electrons. The van der Waals surface area contributed by atoms with E-state index in [-0.39, 0.29) is 53.9 Å². The largest absolute Gasteiger partial charge is 0.457 e. The number of esters is 1. The Kier molecular flexibility index (Phi) is 7.25. The van der Waals surface area contributed by atoms with Crippen LogP contribution in [0.1, 0.15) is 36.7 Å². The van der Waals surface area contributed by atoms with Gasteiger partial charge < -0.3 is 19.2 Å². The number of anilines is 1. The van der Waals surface area contributed by atoms with E-state index >= 15 is 0 Å². The van der Waals surface area contributed by atoms with E-state index in [9.17, 15) is 22.8 Å². The molecular formula is C25H26N2O8S. The molecule has 190 valence electrons. The summed E-state index contributed by atoms with van der Waals surface area (Å²) >= 11 is 0. The van der Waals surface area contributed by atoms with E-state index in [1.807, 2.05) is 0 Å². The van der Waals surface area contributed by atoms with E-state index in [1.54, 1.807) is 26.0 Å². The first-order chi connectivity index (χ1) is 17.0. The molecule has 36 heavy (non-hydrogen) atoms. The van der Waals surface area contributed by atoms with Gasteiger partial charge in [0.05, 0.1) is 22.7 Å². The lowest BCUT2D eigenvalue weighted by Gasteiger charge is -2.34. The second-order valence-electron chi connectivity index (χ2n) is 8.67. The van der Waals surface area contributed by atoms with Gasteiger partial charge in [0.2, 0.25) is 15.9 Å². The van der Waals surface area contributed by atoms with E-state index in [0.29, 0.717) is 16.6 Å². The third-order valence-corrected chi connectivity index (χ3v) is 7.43. The van der Waals surface area contributed by atoms with Crippen molar-refractivity contribution in [2.75, 3.05) is 18.4 Å². The van der Waals surface area contributed by atoms with Crippen molar-refractivity contribution < 1.29 is 31.9 Å². The molecule has 0 saturated carbocycles. The molecule has 2 aromatic carbocycles. The van der Waals surface area contributed by atoms with Crippen LogP contribution >= 0.6 is 0 Å². The first-order valence-electron chi connectivity index (χ1n) is 11.3. The van der Waals surface area contributed by atoms with Crippen molar-refractivity contribution in [1.29, 1.82) is 0 Å². The first-order valence-corrected chi connectivity index (χ1v) is 12.7. The molecule has 0 spiro atoms. The van der Waals surface area contributed by atoms with Gasteiger partial charge in [0.25, 0.3) is 0 Å². The van der Waals surface area contributed by atoms with Crippen molar-refractivity contribution in [3.05, 3.63) is 70.1 Å². The molecule has 1 N–H and O–H groups in total. The molecule has 3 aromatic rings. The molecule has 0 unspecified atom stereocenters. The summed E-state index contributed by atoms with van der Waals surface area (Å²) in [5, 5.41) is 3.14. The summed E-state index contributed by atoms with van der Waals surface area (Å²) in [6, 6.07) is 11.6. The van der Waals surface area contributed by atoms with Crippen LogP contribution < -0.4 is 10.9 Å². The van der Waals surface area contributed by atoms with Gasteiger partial charge in [0.1, 0.15) is 12.2 Å². The van der Waals surface area contributed by atoms with Crippen LogP contribution in [-0.2, 0) is 30.9 Å². The zero-order chi connectivity index (χ0) is 26.0. The van der Waals surface area contributed by atoms with Crippen LogP contribution in [0, 0.1) is 0 Å². The van der Waals surface area contributed by atoms with Crippen molar-refractivity contribution in [1.82, 2.24) is 4.31 Å². The maximum absolute atomic E-state index is 13.2. The summed E-state index contributed by atoms with van der Waals surface area (Å²) in [5.41, 5.74) is 0.501. The number of amides is 1. The highest BCUT2D eigenvalue weighted by Crippen LogP contribution is 2.24. The number of fused-ring (bicyclic) bond motifs is 1. The van der Waals surface area contributed by atoms with E-state index in [1.165, 1.54) is 47.6 Å². The minimum Gasteiger partial charge on any atom is -0.457 e. The van der Waals surface area contributed by atoms with Gasteiger partial charge in [-0.3, -0.25) is 4.79 Å². The Morgan fingerprint density at radius 1 is 1.08 bits per heavy atom. The average molecular weight is 515 g/mol. The maximum atomic E-state index is 13.2. The molecule has 1 amide bonds. The minimum absolute atomic E-state index is 0.0189. The lowest BCUT2D eigenvalue weighted by molar-refractivity contribution is -0.114. The Balaban J connectivity index is 1.53. The smallest absolute Gasteiger partial charge is 0.338 e. The lowest BCUT2D eigenvalue weighted by atomic mass is 10.1. The monoisotopic (exact) mass is 514 g/mol. The van der Waals surface area contributed by atoms with Gasteiger partial charge in [0, 0.05) is 48.8 Å². The fraction of sp³-hybridized carbons (Fsp3) is 0.320. The zero-order valence-corrected chi connectivity index (χ0v) is 20.8. The quantitative estimate of drug-likeness (QED) is 0.392. The van der Waals surface area contributed by atoms with E-state index in [2.05, 4.69) is 5.32 Å². The van der Waals surface area contributed by atoms with Gasteiger partial charge in [-0.25, -0.2) is 18.0 Å². The Labute approximate surface area is 207 Å². The van der Waals surface area contributed by atoms with E-state index in [0.717, 1.165) is 0 Å². The fourth-order valence-corrected chi connectivity index (χ4v) is 5.75. The van der Waals surface area contributed by atoms with Crippen LogP contribution in [0.4, 0.5) is 5.69 Å². The molecule has 10 nitrogen and oxygen atoms in total. The van der Waals surface area contributed by atoms with Crippen LogP contribution in [0.5, 0.6) is 0 Å². The van der Waals surface area contributed by atoms with Crippen molar-refractivity contribution in [2.24, 2.45) is 0 Å². The number of nitrogens with zero attached hydrogens (tertiary/aromatic N) is 1. The number of hydrogen-bond donors (Lipinski definition) is 1. The van der Waals surface area contributed by atoms with Gasteiger partial charge in [-0.05, 0) is 44.2 Å². The van der Waals surface area contributed by atoms with Crippen molar-refractivity contribution >= 4 is 38.6 Å². The van der Waals surface area contributed by atoms with Crippen molar-refractivity contribution in [3.8, 4) is 0 Å². The molecule has 1 aliphatic heterocycles. The number of nitrogens with one attached hydrogen (secondary N) is 1. The summed E-state index contributed by atoms with van der Waals surface area (Å²) in [5.74, 6) is -1.02. The fourth-order valence-electron chi connectivity index (χ4n) is 4.12. The molecule has 2 atom stereocenters. The second kappa shape index (κ2) is 10.2. The summed E-state index contributed by atoms with van der Waals surface area (Å²) < 4.78 is 43.9. The van der Waals surface area contributed by atoms with Crippen LogP contribution in [0.25, 0.3) is 11.0 Å². The SMILES string of the molecule is CC(=O)Nc1ccc2c(COC(=O)c3cccc(S(=O)(=O)N4C[C@H](C)O[C@@H](C)C4)c3)cc(=O)oc2c1. The standard InChI is InChI=1S/C25H26N2O8S/c1-15-12-27(13-16(2)34-15)36(31,32)21-6-4-5-18(9-21)25(30)33-14-19-10-24(29)35-23-11-20(26-17(3)28)7-8-22(19)23/h4-11,15-16H,12-14H2,1-3H3,(H,26,28)/t15-,16-/m0/s1. The predicted octanol–water partition coefficient (Wildman–Crippen LogP) is 2.91. The molecule has 4 rings (SSSR count). The lowest BCUT2D eigenvalue weighted by Crippen LogP contribution is -2.48. The maximum Gasteiger partial charge on any atom is 0.338 e. The van der Waals surface area contributed by atoms with Crippen LogP contribution in [0.2, 0.25) is 0 Å². The normalized spacial score (nSPS) is 18.6.